The average Bonchev–Trinajstić information content (AvgIpc) is 3.08. The van der Waals surface area contributed by atoms with E-state index in [9.17, 15) is 4.79 Å². The van der Waals surface area contributed by atoms with E-state index in [-0.39, 0.29) is 26.4 Å². The summed E-state index contributed by atoms with van der Waals surface area (Å²) in [4.78, 5) is 17.0. The van der Waals surface area contributed by atoms with E-state index >= 15 is 0 Å². The van der Waals surface area contributed by atoms with Crippen LogP contribution in [0.3, 0.4) is 0 Å². The maximum Gasteiger partial charge on any atom is 0.241 e. The van der Waals surface area contributed by atoms with Crippen molar-refractivity contribution >= 4 is 52.2 Å². The molecule has 1 aromatic heterocycles. The molecule has 0 fully saturated rings. The number of carbonyl (C=O) groups excluding carboxylic acids is 1. The monoisotopic (exact) mass is 414 g/mol. The van der Waals surface area contributed by atoms with Gasteiger partial charge in [0, 0.05) is 23.0 Å². The predicted octanol–water partition coefficient (Wildman–Crippen LogP) is 5.96. The van der Waals surface area contributed by atoms with Gasteiger partial charge in [0.2, 0.25) is 12.0 Å². The minimum atomic E-state index is -1.08. The van der Waals surface area contributed by atoms with Crippen LogP contribution in [-0.4, -0.2) is 15.3 Å². The lowest BCUT2D eigenvalue weighted by Gasteiger charge is -2.21. The molecule has 0 aliphatic carbocycles. The molecular formula is C17H10Cl4N2O2. The molecule has 2 aromatic carbocycles. The fraction of sp³-hybridized carbons (Fsp3) is 0.0588. The third kappa shape index (κ3) is 3.93. The van der Waals surface area contributed by atoms with E-state index in [1.165, 1.54) is 29.2 Å². The highest BCUT2D eigenvalue weighted by Gasteiger charge is 2.27. The normalized spacial score (nSPS) is 12.0. The lowest BCUT2D eigenvalue weighted by atomic mass is 10.1. The summed E-state index contributed by atoms with van der Waals surface area (Å²) in [6.07, 6.45) is 3.49. The molecule has 0 amide bonds. The zero-order valence-corrected chi connectivity index (χ0v) is 15.5. The second kappa shape index (κ2) is 7.67. The van der Waals surface area contributed by atoms with E-state index < -0.39 is 12.0 Å². The second-order valence-electron chi connectivity index (χ2n) is 5.02. The third-order valence-electron chi connectivity index (χ3n) is 3.36. The number of carbonyl (C=O) groups is 1. The molecule has 3 rings (SSSR count). The number of nitrogens with zero attached hydrogens (tertiary/aromatic N) is 2. The van der Waals surface area contributed by atoms with Gasteiger partial charge in [0.15, 0.2) is 5.75 Å². The Labute approximate surface area is 163 Å². The van der Waals surface area contributed by atoms with Crippen molar-refractivity contribution in [2.75, 3.05) is 0 Å². The van der Waals surface area contributed by atoms with Gasteiger partial charge in [-0.25, -0.2) is 4.98 Å². The Balaban J connectivity index is 2.03. The minimum Gasteiger partial charge on any atom is -0.459 e. The van der Waals surface area contributed by atoms with Crippen LogP contribution in [0.5, 0.6) is 5.75 Å². The molecule has 0 radical (unpaired) electrons. The van der Waals surface area contributed by atoms with Crippen LogP contribution in [0, 0.1) is 0 Å². The maximum atomic E-state index is 13.0. The highest BCUT2D eigenvalue weighted by molar-refractivity contribution is 6.37. The second-order valence-corrected chi connectivity index (χ2v) is 6.68. The molecule has 0 saturated heterocycles. The van der Waals surface area contributed by atoms with Crippen molar-refractivity contribution < 1.29 is 9.53 Å². The van der Waals surface area contributed by atoms with Crippen LogP contribution in [0.4, 0.5) is 0 Å². The summed E-state index contributed by atoms with van der Waals surface area (Å²) < 4.78 is 7.33. The molecule has 8 heteroatoms. The first-order valence-corrected chi connectivity index (χ1v) is 8.56. The standard InChI is InChI=1S/C17H10Cl4N2O2/c18-10-4-5-11(14(21)8-10)15(24)17(23-7-6-22-9-23)25-16-12(19)2-1-3-13(16)20/h1-9,17H/t17-/m0/s1. The predicted molar refractivity (Wildman–Crippen MR) is 99.1 cm³/mol. The Morgan fingerprint density at radius 1 is 1.04 bits per heavy atom. The van der Waals surface area contributed by atoms with E-state index in [2.05, 4.69) is 4.98 Å². The summed E-state index contributed by atoms with van der Waals surface area (Å²) in [5, 5.41) is 1.22. The molecule has 4 nitrogen and oxygen atoms in total. The number of Topliss-reactive ketones (excluding diaryl/α,β-unsaturated/α-hetero) is 1. The van der Waals surface area contributed by atoms with Crippen LogP contribution in [0.1, 0.15) is 16.6 Å². The van der Waals surface area contributed by atoms with Gasteiger partial charge in [0.05, 0.1) is 21.4 Å². The highest BCUT2D eigenvalue weighted by Crippen LogP contribution is 2.36. The number of aromatic nitrogens is 2. The molecule has 128 valence electrons. The van der Waals surface area contributed by atoms with Gasteiger partial charge in [0.25, 0.3) is 0 Å². The summed E-state index contributed by atoms with van der Waals surface area (Å²) in [6, 6.07) is 9.52. The quantitative estimate of drug-likeness (QED) is 0.483. The number of para-hydroxylation sites is 1. The first kappa shape index (κ1) is 18.1. The first-order chi connectivity index (χ1) is 12.0. The fourth-order valence-electron chi connectivity index (χ4n) is 2.19. The highest BCUT2D eigenvalue weighted by atomic mass is 35.5. The lowest BCUT2D eigenvalue weighted by molar-refractivity contribution is 0.0654. The number of imidazole rings is 1. The molecule has 0 unspecified atom stereocenters. The van der Waals surface area contributed by atoms with Crippen LogP contribution in [-0.2, 0) is 0 Å². The number of hydrogen-bond acceptors (Lipinski definition) is 3. The van der Waals surface area contributed by atoms with Crippen molar-refractivity contribution in [3.05, 3.63) is 80.8 Å². The van der Waals surface area contributed by atoms with Crippen molar-refractivity contribution in [2.24, 2.45) is 0 Å². The first-order valence-electron chi connectivity index (χ1n) is 7.04. The Kier molecular flexibility index (Phi) is 5.54. The number of halogens is 4. The molecule has 0 saturated carbocycles. The van der Waals surface area contributed by atoms with Crippen molar-refractivity contribution in [1.29, 1.82) is 0 Å². The summed E-state index contributed by atoms with van der Waals surface area (Å²) in [5.74, 6) is -0.196. The van der Waals surface area contributed by atoms with Crippen LogP contribution in [0.25, 0.3) is 0 Å². The zero-order chi connectivity index (χ0) is 18.0. The number of rotatable bonds is 5. The van der Waals surface area contributed by atoms with E-state index in [4.69, 9.17) is 51.1 Å². The molecule has 1 atom stereocenters. The Morgan fingerprint density at radius 2 is 1.76 bits per heavy atom. The summed E-state index contributed by atoms with van der Waals surface area (Å²) in [7, 11) is 0. The Bertz CT molecular complexity index is 893. The van der Waals surface area contributed by atoms with Crippen molar-refractivity contribution in [3.63, 3.8) is 0 Å². The van der Waals surface area contributed by atoms with Crippen molar-refractivity contribution in [1.82, 2.24) is 9.55 Å². The molecular weight excluding hydrogens is 406 g/mol. The molecule has 0 aliphatic rings. The number of hydrogen-bond donors (Lipinski definition) is 0. The minimum absolute atomic E-state index is 0.197. The molecule has 25 heavy (non-hydrogen) atoms. The SMILES string of the molecule is O=C(c1ccc(Cl)cc1Cl)[C@H](Oc1c(Cl)cccc1Cl)n1ccnc1. The number of ether oxygens (including phenoxy) is 1. The van der Waals surface area contributed by atoms with E-state index in [1.807, 2.05) is 0 Å². The molecule has 1 heterocycles. The van der Waals surface area contributed by atoms with Gasteiger partial charge in [-0.05, 0) is 30.3 Å². The van der Waals surface area contributed by atoms with Gasteiger partial charge in [-0.2, -0.15) is 0 Å². The third-order valence-corrected chi connectivity index (χ3v) is 4.51. The van der Waals surface area contributed by atoms with Gasteiger partial charge >= 0.3 is 0 Å². The molecule has 3 aromatic rings. The Morgan fingerprint density at radius 3 is 2.36 bits per heavy atom. The van der Waals surface area contributed by atoms with Crippen molar-refractivity contribution in [3.8, 4) is 5.75 Å². The van der Waals surface area contributed by atoms with E-state index in [0.29, 0.717) is 5.02 Å². The number of ketones is 1. The summed E-state index contributed by atoms with van der Waals surface area (Å²) in [5.41, 5.74) is 0.257. The van der Waals surface area contributed by atoms with Gasteiger partial charge in [-0.15, -0.1) is 0 Å². The molecule has 0 aliphatic heterocycles. The van der Waals surface area contributed by atoms with Gasteiger partial charge in [-0.1, -0.05) is 52.5 Å². The number of benzene rings is 2. The Hall–Kier alpha value is -1.72. The van der Waals surface area contributed by atoms with Crippen molar-refractivity contribution in [2.45, 2.75) is 6.23 Å². The van der Waals surface area contributed by atoms with Gasteiger partial charge in [-0.3, -0.25) is 9.36 Å². The van der Waals surface area contributed by atoms with Gasteiger partial charge < -0.3 is 4.74 Å². The summed E-state index contributed by atoms with van der Waals surface area (Å²) >= 11 is 24.3. The van der Waals surface area contributed by atoms with Crippen LogP contribution < -0.4 is 4.74 Å². The van der Waals surface area contributed by atoms with Crippen LogP contribution >= 0.6 is 46.4 Å². The largest absolute Gasteiger partial charge is 0.459 e. The molecule has 0 bridgehead atoms. The van der Waals surface area contributed by atoms with E-state index in [0.717, 1.165) is 0 Å². The van der Waals surface area contributed by atoms with E-state index in [1.54, 1.807) is 30.5 Å². The average molecular weight is 416 g/mol. The topological polar surface area (TPSA) is 44.1 Å². The molecule has 0 spiro atoms. The lowest BCUT2D eigenvalue weighted by Crippen LogP contribution is -2.25. The van der Waals surface area contributed by atoms with Crippen LogP contribution in [0.2, 0.25) is 20.1 Å². The maximum absolute atomic E-state index is 13.0. The zero-order valence-electron chi connectivity index (χ0n) is 12.5. The smallest absolute Gasteiger partial charge is 0.241 e. The summed E-state index contributed by atoms with van der Waals surface area (Å²) in [6.45, 7) is 0. The molecule has 0 N–H and O–H groups in total. The fourth-order valence-corrected chi connectivity index (χ4v) is 3.18. The van der Waals surface area contributed by atoms with Gasteiger partial charge in [0.1, 0.15) is 0 Å². The van der Waals surface area contributed by atoms with Crippen LogP contribution in [0.15, 0.2) is 55.1 Å².